The first-order chi connectivity index (χ1) is 9.69. The number of benzene rings is 1. The Morgan fingerprint density at radius 1 is 1.20 bits per heavy atom. The molecule has 0 atom stereocenters. The normalized spacial score (nSPS) is 10.3. The van der Waals surface area contributed by atoms with Gasteiger partial charge in [-0.2, -0.15) is 4.98 Å². The van der Waals surface area contributed by atoms with Gasteiger partial charge in [-0.25, -0.2) is 13.8 Å². The van der Waals surface area contributed by atoms with Crippen LogP contribution in [-0.2, 0) is 6.42 Å². The van der Waals surface area contributed by atoms with Gasteiger partial charge in [0.2, 0.25) is 5.95 Å². The van der Waals surface area contributed by atoms with Crippen molar-refractivity contribution in [3.05, 3.63) is 47.7 Å². The lowest BCUT2D eigenvalue weighted by Crippen LogP contribution is -2.11. The summed E-state index contributed by atoms with van der Waals surface area (Å²) in [5.74, 6) is -0.259. The van der Waals surface area contributed by atoms with Gasteiger partial charge >= 0.3 is 0 Å². The molecule has 0 unspecified atom stereocenters. The molecule has 4 nitrogen and oxygen atoms in total. The van der Waals surface area contributed by atoms with Crippen LogP contribution >= 0.6 is 0 Å². The third kappa shape index (κ3) is 3.88. The molecule has 0 aliphatic rings. The van der Waals surface area contributed by atoms with Crippen molar-refractivity contribution in [1.29, 1.82) is 0 Å². The van der Waals surface area contributed by atoms with Crippen LogP contribution in [0.5, 0.6) is 0 Å². The zero-order chi connectivity index (χ0) is 14.4. The van der Waals surface area contributed by atoms with Crippen LogP contribution in [0.3, 0.4) is 0 Å². The number of nitrogens with zero attached hydrogens (tertiary/aromatic N) is 2. The average molecular weight is 278 g/mol. The van der Waals surface area contributed by atoms with Crippen molar-refractivity contribution in [2.75, 3.05) is 23.7 Å². The maximum absolute atomic E-state index is 13.5. The second kappa shape index (κ2) is 6.79. The summed E-state index contributed by atoms with van der Waals surface area (Å²) in [5.41, 5.74) is 0.846. The van der Waals surface area contributed by atoms with E-state index in [9.17, 15) is 8.78 Å². The van der Waals surface area contributed by atoms with Gasteiger partial charge in [-0.1, -0.05) is 12.1 Å². The molecule has 2 rings (SSSR count). The Balaban J connectivity index is 1.95. The summed E-state index contributed by atoms with van der Waals surface area (Å²) in [6, 6.07) is 6.33. The first kappa shape index (κ1) is 14.2. The molecule has 0 aliphatic carbocycles. The first-order valence-electron chi connectivity index (χ1n) is 6.43. The number of anilines is 2. The molecule has 2 aromatic rings. The first-order valence-corrected chi connectivity index (χ1v) is 6.43. The SMILES string of the molecule is CCNc1ncc(F)c(NCCc2cccc(F)c2)n1. The van der Waals surface area contributed by atoms with Crippen LogP contribution in [0.15, 0.2) is 30.5 Å². The zero-order valence-electron chi connectivity index (χ0n) is 11.2. The molecule has 0 radical (unpaired) electrons. The number of hydrogen-bond donors (Lipinski definition) is 2. The fourth-order valence-electron chi connectivity index (χ4n) is 1.75. The molecule has 0 amide bonds. The van der Waals surface area contributed by atoms with E-state index in [1.807, 2.05) is 13.0 Å². The van der Waals surface area contributed by atoms with Gasteiger partial charge in [-0.3, -0.25) is 0 Å². The molecule has 0 saturated heterocycles. The van der Waals surface area contributed by atoms with E-state index in [2.05, 4.69) is 20.6 Å². The van der Waals surface area contributed by atoms with Crippen molar-refractivity contribution < 1.29 is 8.78 Å². The number of aromatic nitrogens is 2. The largest absolute Gasteiger partial charge is 0.367 e. The molecule has 0 aliphatic heterocycles. The van der Waals surface area contributed by atoms with E-state index in [0.717, 1.165) is 11.8 Å². The molecule has 0 spiro atoms. The molecule has 1 aromatic carbocycles. The van der Waals surface area contributed by atoms with Gasteiger partial charge in [0.1, 0.15) is 5.82 Å². The van der Waals surface area contributed by atoms with Crippen molar-refractivity contribution in [3.63, 3.8) is 0 Å². The Morgan fingerprint density at radius 3 is 2.80 bits per heavy atom. The Morgan fingerprint density at radius 2 is 2.05 bits per heavy atom. The van der Waals surface area contributed by atoms with E-state index < -0.39 is 5.82 Å². The van der Waals surface area contributed by atoms with Crippen LogP contribution in [0.2, 0.25) is 0 Å². The molecule has 0 bridgehead atoms. The Bertz CT molecular complexity index is 575. The van der Waals surface area contributed by atoms with Crippen LogP contribution in [0.25, 0.3) is 0 Å². The minimum atomic E-state index is -0.508. The Hall–Kier alpha value is -2.24. The van der Waals surface area contributed by atoms with Gasteiger partial charge in [0.15, 0.2) is 11.6 Å². The molecule has 1 aromatic heterocycles. The highest BCUT2D eigenvalue weighted by Crippen LogP contribution is 2.12. The van der Waals surface area contributed by atoms with Gasteiger partial charge in [-0.15, -0.1) is 0 Å². The number of nitrogens with one attached hydrogen (secondary N) is 2. The van der Waals surface area contributed by atoms with Crippen molar-refractivity contribution in [2.24, 2.45) is 0 Å². The van der Waals surface area contributed by atoms with Gasteiger partial charge < -0.3 is 10.6 Å². The predicted octanol–water partition coefficient (Wildman–Crippen LogP) is 2.84. The van der Waals surface area contributed by atoms with Crippen LogP contribution in [0, 0.1) is 11.6 Å². The lowest BCUT2D eigenvalue weighted by molar-refractivity contribution is 0.616. The highest BCUT2D eigenvalue weighted by atomic mass is 19.1. The third-order valence-electron chi connectivity index (χ3n) is 2.67. The van der Waals surface area contributed by atoms with Gasteiger partial charge in [-0.05, 0) is 31.0 Å². The summed E-state index contributed by atoms with van der Waals surface area (Å²) >= 11 is 0. The number of halogens is 2. The second-order valence-corrected chi connectivity index (χ2v) is 4.23. The molecule has 20 heavy (non-hydrogen) atoms. The molecule has 0 fully saturated rings. The van der Waals surface area contributed by atoms with Crippen LogP contribution < -0.4 is 10.6 Å². The van der Waals surface area contributed by atoms with E-state index in [4.69, 9.17) is 0 Å². The minimum Gasteiger partial charge on any atom is -0.367 e. The van der Waals surface area contributed by atoms with Crippen molar-refractivity contribution in [3.8, 4) is 0 Å². The van der Waals surface area contributed by atoms with E-state index >= 15 is 0 Å². The third-order valence-corrected chi connectivity index (χ3v) is 2.67. The maximum Gasteiger partial charge on any atom is 0.224 e. The second-order valence-electron chi connectivity index (χ2n) is 4.23. The van der Waals surface area contributed by atoms with E-state index in [1.54, 1.807) is 6.07 Å². The highest BCUT2D eigenvalue weighted by molar-refractivity contribution is 5.41. The quantitative estimate of drug-likeness (QED) is 0.853. The molecule has 2 N–H and O–H groups in total. The average Bonchev–Trinajstić information content (AvgIpc) is 2.43. The molecular formula is C14H16F2N4. The molecule has 106 valence electrons. The summed E-state index contributed by atoms with van der Waals surface area (Å²) in [4.78, 5) is 7.85. The van der Waals surface area contributed by atoms with E-state index in [0.29, 0.717) is 25.5 Å². The highest BCUT2D eigenvalue weighted by Gasteiger charge is 2.06. The minimum absolute atomic E-state index is 0.146. The van der Waals surface area contributed by atoms with Crippen molar-refractivity contribution >= 4 is 11.8 Å². The fourth-order valence-corrected chi connectivity index (χ4v) is 1.75. The Kier molecular flexibility index (Phi) is 4.81. The standard InChI is InChI=1S/C14H16F2N4/c1-2-17-14-19-9-12(16)13(20-14)18-7-6-10-4-3-5-11(15)8-10/h3-5,8-9H,2,6-7H2,1H3,(H2,17,18,19,20). The smallest absolute Gasteiger partial charge is 0.224 e. The lowest BCUT2D eigenvalue weighted by atomic mass is 10.1. The Labute approximate surface area is 116 Å². The van der Waals surface area contributed by atoms with E-state index in [-0.39, 0.29) is 11.6 Å². The molecular weight excluding hydrogens is 262 g/mol. The summed E-state index contributed by atoms with van der Waals surface area (Å²) in [6.45, 7) is 3.03. The van der Waals surface area contributed by atoms with Gasteiger partial charge in [0.05, 0.1) is 6.20 Å². The summed E-state index contributed by atoms with van der Waals surface area (Å²) < 4.78 is 26.5. The monoisotopic (exact) mass is 278 g/mol. The predicted molar refractivity (Wildman–Crippen MR) is 74.7 cm³/mol. The van der Waals surface area contributed by atoms with Crippen molar-refractivity contribution in [1.82, 2.24) is 9.97 Å². The number of hydrogen-bond acceptors (Lipinski definition) is 4. The van der Waals surface area contributed by atoms with Crippen LogP contribution in [0.4, 0.5) is 20.5 Å². The van der Waals surface area contributed by atoms with Crippen LogP contribution in [0.1, 0.15) is 12.5 Å². The fraction of sp³-hybridized carbons (Fsp3) is 0.286. The zero-order valence-corrected chi connectivity index (χ0v) is 11.2. The summed E-state index contributed by atoms with van der Waals surface area (Å²) in [7, 11) is 0. The van der Waals surface area contributed by atoms with Crippen molar-refractivity contribution in [2.45, 2.75) is 13.3 Å². The van der Waals surface area contributed by atoms with Gasteiger partial charge in [0.25, 0.3) is 0 Å². The van der Waals surface area contributed by atoms with E-state index in [1.165, 1.54) is 12.1 Å². The topological polar surface area (TPSA) is 49.8 Å². The maximum atomic E-state index is 13.5. The summed E-state index contributed by atoms with van der Waals surface area (Å²) in [6.07, 6.45) is 1.70. The number of rotatable bonds is 6. The lowest BCUT2D eigenvalue weighted by Gasteiger charge is -2.08. The summed E-state index contributed by atoms with van der Waals surface area (Å²) in [5, 5.41) is 5.80. The molecule has 6 heteroatoms. The van der Waals surface area contributed by atoms with Crippen LogP contribution in [-0.4, -0.2) is 23.1 Å². The van der Waals surface area contributed by atoms with Gasteiger partial charge in [0, 0.05) is 13.1 Å². The molecule has 1 heterocycles. The molecule has 0 saturated carbocycles.